The number of likely N-dealkylation sites (tertiary alicyclic amines) is 2. The molecule has 3 heteroatoms. The van der Waals surface area contributed by atoms with E-state index < -0.39 is 0 Å². The van der Waals surface area contributed by atoms with Crippen LogP contribution in [-0.2, 0) is 5.41 Å². The number of rotatable bonds is 5. The van der Waals surface area contributed by atoms with Gasteiger partial charge < -0.3 is 15.1 Å². The normalized spacial score (nSPS) is 38.8. The SMILES string of the molecule is CC1CN(C)C(C)CC1NCCC1(c2ccccc2)CC(C)N(C)CC1C. The van der Waals surface area contributed by atoms with Crippen molar-refractivity contribution in [2.45, 2.75) is 70.5 Å². The molecule has 6 atom stereocenters. The van der Waals surface area contributed by atoms with Gasteiger partial charge in [-0.1, -0.05) is 44.2 Å². The van der Waals surface area contributed by atoms with Gasteiger partial charge in [0.15, 0.2) is 0 Å². The summed E-state index contributed by atoms with van der Waals surface area (Å²) >= 11 is 0. The van der Waals surface area contributed by atoms with Crippen LogP contribution in [0.1, 0.15) is 52.5 Å². The Labute approximate surface area is 167 Å². The van der Waals surface area contributed by atoms with E-state index in [1.165, 1.54) is 32.4 Å². The topological polar surface area (TPSA) is 18.5 Å². The van der Waals surface area contributed by atoms with E-state index in [-0.39, 0.29) is 0 Å². The third-order valence-corrected chi connectivity index (χ3v) is 7.85. The number of nitrogens with one attached hydrogen (secondary N) is 1. The van der Waals surface area contributed by atoms with Crippen molar-refractivity contribution in [2.24, 2.45) is 11.8 Å². The monoisotopic (exact) mass is 371 g/mol. The van der Waals surface area contributed by atoms with E-state index in [0.717, 1.165) is 12.5 Å². The zero-order valence-electron chi connectivity index (χ0n) is 18.4. The lowest BCUT2D eigenvalue weighted by molar-refractivity contribution is 0.0655. The van der Waals surface area contributed by atoms with E-state index in [2.05, 4.69) is 87.2 Å². The molecule has 0 spiro atoms. The van der Waals surface area contributed by atoms with Gasteiger partial charge in [0.1, 0.15) is 0 Å². The van der Waals surface area contributed by atoms with Crippen LogP contribution in [-0.4, -0.2) is 61.7 Å². The molecule has 0 amide bonds. The second kappa shape index (κ2) is 8.63. The molecule has 27 heavy (non-hydrogen) atoms. The Morgan fingerprint density at radius 2 is 1.63 bits per heavy atom. The highest BCUT2D eigenvalue weighted by molar-refractivity contribution is 5.28. The maximum absolute atomic E-state index is 3.97. The van der Waals surface area contributed by atoms with Crippen molar-refractivity contribution in [1.82, 2.24) is 15.1 Å². The molecule has 2 saturated heterocycles. The van der Waals surface area contributed by atoms with Crippen LogP contribution in [0.2, 0.25) is 0 Å². The molecule has 0 bridgehead atoms. The maximum atomic E-state index is 3.97. The summed E-state index contributed by atoms with van der Waals surface area (Å²) in [4.78, 5) is 5.05. The summed E-state index contributed by atoms with van der Waals surface area (Å²) in [5, 5.41) is 3.97. The largest absolute Gasteiger partial charge is 0.314 e. The number of hydrogen-bond acceptors (Lipinski definition) is 3. The highest BCUT2D eigenvalue weighted by Gasteiger charge is 2.43. The first-order chi connectivity index (χ1) is 12.8. The van der Waals surface area contributed by atoms with Gasteiger partial charge >= 0.3 is 0 Å². The second-order valence-corrected chi connectivity index (χ2v) is 9.73. The van der Waals surface area contributed by atoms with E-state index in [1.807, 2.05) is 0 Å². The number of piperidine rings is 2. The van der Waals surface area contributed by atoms with E-state index in [9.17, 15) is 0 Å². The number of hydrogen-bond donors (Lipinski definition) is 1. The summed E-state index contributed by atoms with van der Waals surface area (Å²) in [6.07, 6.45) is 3.77. The lowest BCUT2D eigenvalue weighted by atomic mass is 9.63. The van der Waals surface area contributed by atoms with Gasteiger partial charge in [0.2, 0.25) is 0 Å². The lowest BCUT2D eigenvalue weighted by Crippen LogP contribution is -2.54. The van der Waals surface area contributed by atoms with Gasteiger partial charge in [-0.3, -0.25) is 0 Å². The summed E-state index contributed by atoms with van der Waals surface area (Å²) in [7, 11) is 4.55. The fourth-order valence-electron chi connectivity index (χ4n) is 5.64. The highest BCUT2D eigenvalue weighted by Crippen LogP contribution is 2.44. The van der Waals surface area contributed by atoms with Gasteiger partial charge in [0.05, 0.1) is 0 Å². The molecular weight excluding hydrogens is 330 g/mol. The van der Waals surface area contributed by atoms with E-state index in [1.54, 1.807) is 5.56 Å². The third-order valence-electron chi connectivity index (χ3n) is 7.85. The average molecular weight is 372 g/mol. The van der Waals surface area contributed by atoms with Crippen LogP contribution in [0, 0.1) is 11.8 Å². The van der Waals surface area contributed by atoms with Gasteiger partial charge in [-0.25, -0.2) is 0 Å². The fourth-order valence-corrected chi connectivity index (χ4v) is 5.64. The van der Waals surface area contributed by atoms with Crippen LogP contribution in [0.4, 0.5) is 0 Å². The Bertz CT molecular complexity index is 589. The van der Waals surface area contributed by atoms with E-state index >= 15 is 0 Å². The van der Waals surface area contributed by atoms with Gasteiger partial charge in [-0.05, 0) is 71.1 Å². The van der Waals surface area contributed by atoms with Gasteiger partial charge in [-0.15, -0.1) is 0 Å². The van der Waals surface area contributed by atoms with Crippen LogP contribution >= 0.6 is 0 Å². The molecule has 1 aromatic carbocycles. The first-order valence-electron chi connectivity index (χ1n) is 11.0. The molecule has 2 aliphatic rings. The number of benzene rings is 1. The predicted octanol–water partition coefficient (Wildman–Crippen LogP) is 3.99. The van der Waals surface area contributed by atoms with Gasteiger partial charge in [-0.2, -0.15) is 0 Å². The quantitative estimate of drug-likeness (QED) is 0.844. The molecular formula is C24H41N3. The molecule has 3 nitrogen and oxygen atoms in total. The van der Waals surface area contributed by atoms with Crippen LogP contribution in [0.3, 0.4) is 0 Å². The minimum absolute atomic E-state index is 0.292. The summed E-state index contributed by atoms with van der Waals surface area (Å²) in [5.74, 6) is 1.41. The summed E-state index contributed by atoms with van der Waals surface area (Å²) in [5.41, 5.74) is 1.84. The first-order valence-corrected chi connectivity index (χ1v) is 11.0. The zero-order chi connectivity index (χ0) is 19.6. The van der Waals surface area contributed by atoms with Crippen LogP contribution < -0.4 is 5.32 Å². The predicted molar refractivity (Wildman–Crippen MR) is 116 cm³/mol. The molecule has 0 aliphatic carbocycles. The van der Waals surface area contributed by atoms with Crippen LogP contribution in [0.5, 0.6) is 0 Å². The first kappa shape index (κ1) is 20.8. The molecule has 6 unspecified atom stereocenters. The molecule has 0 aromatic heterocycles. The van der Waals surface area contributed by atoms with Crippen LogP contribution in [0.15, 0.2) is 30.3 Å². The van der Waals surface area contributed by atoms with Crippen molar-refractivity contribution in [3.8, 4) is 0 Å². The smallest absolute Gasteiger partial charge is 0.0120 e. The standard InChI is InChI=1S/C24H41N3/c1-18-16-26(5)20(3)14-23(18)25-13-12-24(22-10-8-7-9-11-22)15-21(4)27(6)17-19(24)2/h7-11,18-21,23,25H,12-17H2,1-6H3. The van der Waals surface area contributed by atoms with E-state index in [0.29, 0.717) is 29.5 Å². The Hall–Kier alpha value is -0.900. The van der Waals surface area contributed by atoms with Crippen LogP contribution in [0.25, 0.3) is 0 Å². The zero-order valence-corrected chi connectivity index (χ0v) is 18.4. The Balaban J connectivity index is 1.71. The van der Waals surface area contributed by atoms with Gasteiger partial charge in [0, 0.05) is 36.6 Å². The lowest BCUT2D eigenvalue weighted by Gasteiger charge is -2.50. The Kier molecular flexibility index (Phi) is 6.66. The molecule has 0 saturated carbocycles. The van der Waals surface area contributed by atoms with Gasteiger partial charge in [0.25, 0.3) is 0 Å². The average Bonchev–Trinajstić information content (AvgIpc) is 2.64. The minimum atomic E-state index is 0.292. The Morgan fingerprint density at radius 3 is 2.33 bits per heavy atom. The summed E-state index contributed by atoms with van der Waals surface area (Å²) in [6, 6.07) is 13.3. The maximum Gasteiger partial charge on any atom is 0.0120 e. The second-order valence-electron chi connectivity index (χ2n) is 9.73. The fraction of sp³-hybridized carbons (Fsp3) is 0.750. The van der Waals surface area contributed by atoms with Crippen molar-refractivity contribution in [1.29, 1.82) is 0 Å². The summed E-state index contributed by atoms with van der Waals surface area (Å²) < 4.78 is 0. The van der Waals surface area contributed by atoms with Crippen molar-refractivity contribution in [2.75, 3.05) is 33.7 Å². The van der Waals surface area contributed by atoms with Crippen molar-refractivity contribution in [3.63, 3.8) is 0 Å². The molecule has 2 aliphatic heterocycles. The Morgan fingerprint density at radius 1 is 0.963 bits per heavy atom. The molecule has 2 fully saturated rings. The minimum Gasteiger partial charge on any atom is -0.314 e. The molecule has 152 valence electrons. The molecule has 2 heterocycles. The van der Waals surface area contributed by atoms with Crippen molar-refractivity contribution in [3.05, 3.63) is 35.9 Å². The third kappa shape index (κ3) is 4.41. The van der Waals surface area contributed by atoms with E-state index in [4.69, 9.17) is 0 Å². The van der Waals surface area contributed by atoms with Crippen molar-refractivity contribution >= 4 is 0 Å². The highest BCUT2D eigenvalue weighted by atomic mass is 15.2. The summed E-state index contributed by atoms with van der Waals surface area (Å²) in [6.45, 7) is 13.2. The molecule has 1 N–H and O–H groups in total. The molecule has 0 radical (unpaired) electrons. The molecule has 1 aromatic rings. The van der Waals surface area contributed by atoms with Crippen molar-refractivity contribution < 1.29 is 0 Å². The molecule has 3 rings (SSSR count). The number of nitrogens with zero attached hydrogens (tertiary/aromatic N) is 2.